The van der Waals surface area contributed by atoms with Gasteiger partial charge in [-0.2, -0.15) is 0 Å². The van der Waals surface area contributed by atoms with Gasteiger partial charge in [0.25, 0.3) is 0 Å². The predicted octanol–water partition coefficient (Wildman–Crippen LogP) is 2.37. The molecular weight excluding hydrogens is 270 g/mol. The molecule has 0 saturated heterocycles. The van der Waals surface area contributed by atoms with Crippen molar-refractivity contribution in [2.45, 2.75) is 13.8 Å². The molecule has 0 unspecified atom stereocenters. The van der Waals surface area contributed by atoms with Crippen LogP contribution in [0.5, 0.6) is 5.75 Å². The van der Waals surface area contributed by atoms with Crippen LogP contribution in [0.2, 0.25) is 0 Å². The number of hydrogen-bond acceptors (Lipinski definition) is 5. The van der Waals surface area contributed by atoms with Crippen molar-refractivity contribution in [2.24, 2.45) is 0 Å². The number of phenolic OH excluding ortho intramolecular Hbond substituents is 1. The number of allylic oxidation sites excluding steroid dienone is 1. The molecule has 1 heterocycles. The van der Waals surface area contributed by atoms with Gasteiger partial charge in [-0.25, -0.2) is 4.79 Å². The number of benzene rings is 1. The van der Waals surface area contributed by atoms with Gasteiger partial charge in [0.1, 0.15) is 11.3 Å². The molecule has 0 spiro atoms. The summed E-state index contributed by atoms with van der Waals surface area (Å²) in [6.07, 6.45) is 2.99. The summed E-state index contributed by atoms with van der Waals surface area (Å²) in [7, 11) is 3.60. The Morgan fingerprint density at radius 1 is 1.29 bits per heavy atom. The molecule has 1 N–H and O–H groups in total. The molecule has 0 radical (unpaired) electrons. The monoisotopic (exact) mass is 287 g/mol. The fraction of sp³-hybridized carbons (Fsp3) is 0.250. The first-order valence-corrected chi connectivity index (χ1v) is 6.47. The minimum atomic E-state index is -0.478. The van der Waals surface area contributed by atoms with Crippen molar-refractivity contribution >= 4 is 16.8 Å². The molecule has 0 fully saturated rings. The van der Waals surface area contributed by atoms with E-state index in [1.54, 1.807) is 45.1 Å². The zero-order valence-electron chi connectivity index (χ0n) is 12.4. The standard InChI is InChI=1S/C16H17NO4/c1-9-7-14(19)21-16-10(2)15(20)12(8-11(9)16)13(18)5-6-17(3)4/h5-8,20H,1-4H3. The van der Waals surface area contributed by atoms with Gasteiger partial charge in [-0.05, 0) is 25.5 Å². The maximum absolute atomic E-state index is 12.2. The molecule has 0 atom stereocenters. The number of rotatable bonds is 3. The Bertz CT molecular complexity index is 800. The van der Waals surface area contributed by atoms with Crippen LogP contribution >= 0.6 is 0 Å². The molecule has 0 aliphatic heterocycles. The highest BCUT2D eigenvalue weighted by Gasteiger charge is 2.17. The Morgan fingerprint density at radius 2 is 1.95 bits per heavy atom. The van der Waals surface area contributed by atoms with Gasteiger partial charge in [-0.1, -0.05) is 0 Å². The van der Waals surface area contributed by atoms with Crippen LogP contribution in [0.3, 0.4) is 0 Å². The highest BCUT2D eigenvalue weighted by molar-refractivity contribution is 6.09. The lowest BCUT2D eigenvalue weighted by Gasteiger charge is -2.10. The van der Waals surface area contributed by atoms with Crippen molar-refractivity contribution in [3.8, 4) is 5.75 Å². The Balaban J connectivity index is 2.70. The lowest BCUT2D eigenvalue weighted by molar-refractivity contribution is 0.104. The van der Waals surface area contributed by atoms with Crippen LogP contribution in [0.4, 0.5) is 0 Å². The number of ketones is 1. The number of nitrogens with zero attached hydrogens (tertiary/aromatic N) is 1. The summed E-state index contributed by atoms with van der Waals surface area (Å²) in [5.74, 6) is -0.471. The van der Waals surface area contributed by atoms with Crippen LogP contribution in [-0.4, -0.2) is 29.9 Å². The topological polar surface area (TPSA) is 70.7 Å². The van der Waals surface area contributed by atoms with Gasteiger partial charge < -0.3 is 14.4 Å². The molecule has 1 aromatic carbocycles. The number of carbonyl (C=O) groups excluding carboxylic acids is 1. The Kier molecular flexibility index (Phi) is 3.84. The molecule has 0 amide bonds. The van der Waals surface area contributed by atoms with Crippen molar-refractivity contribution in [3.63, 3.8) is 0 Å². The van der Waals surface area contributed by atoms with Crippen LogP contribution in [0.25, 0.3) is 11.0 Å². The number of aromatic hydroxyl groups is 1. The normalized spacial score (nSPS) is 11.2. The first-order chi connectivity index (χ1) is 9.81. The van der Waals surface area contributed by atoms with Crippen LogP contribution in [0.15, 0.2) is 33.6 Å². The second-order valence-corrected chi connectivity index (χ2v) is 5.17. The minimum Gasteiger partial charge on any atom is -0.507 e. The van der Waals surface area contributed by atoms with Crippen LogP contribution in [-0.2, 0) is 0 Å². The third kappa shape index (κ3) is 2.81. The van der Waals surface area contributed by atoms with Gasteiger partial charge in [0.15, 0.2) is 5.78 Å². The molecular formula is C16H17NO4. The van der Waals surface area contributed by atoms with Gasteiger partial charge in [0, 0.05) is 43.4 Å². The molecule has 2 aromatic rings. The third-order valence-corrected chi connectivity index (χ3v) is 3.24. The van der Waals surface area contributed by atoms with Crippen LogP contribution in [0, 0.1) is 13.8 Å². The number of carbonyl (C=O) groups is 1. The van der Waals surface area contributed by atoms with Gasteiger partial charge >= 0.3 is 5.63 Å². The first-order valence-electron chi connectivity index (χ1n) is 6.47. The molecule has 5 heteroatoms. The van der Waals surface area contributed by atoms with Crippen molar-refractivity contribution in [3.05, 3.63) is 51.5 Å². The Hall–Kier alpha value is -2.56. The fourth-order valence-electron chi connectivity index (χ4n) is 2.09. The third-order valence-electron chi connectivity index (χ3n) is 3.24. The van der Waals surface area contributed by atoms with E-state index in [1.807, 2.05) is 0 Å². The smallest absolute Gasteiger partial charge is 0.336 e. The van der Waals surface area contributed by atoms with Gasteiger partial charge in [0.2, 0.25) is 0 Å². The number of fused-ring (bicyclic) bond motifs is 1. The zero-order valence-corrected chi connectivity index (χ0v) is 12.4. The van der Waals surface area contributed by atoms with Crippen molar-refractivity contribution in [1.82, 2.24) is 4.90 Å². The summed E-state index contributed by atoms with van der Waals surface area (Å²) in [6, 6.07) is 2.92. The number of hydrogen-bond donors (Lipinski definition) is 1. The maximum atomic E-state index is 12.2. The van der Waals surface area contributed by atoms with Crippen molar-refractivity contribution in [2.75, 3.05) is 14.1 Å². The van der Waals surface area contributed by atoms with Crippen LogP contribution < -0.4 is 5.63 Å². The van der Waals surface area contributed by atoms with E-state index in [1.165, 1.54) is 12.1 Å². The van der Waals surface area contributed by atoms with E-state index in [9.17, 15) is 14.7 Å². The van der Waals surface area contributed by atoms with E-state index in [0.717, 1.165) is 0 Å². The lowest BCUT2D eigenvalue weighted by Crippen LogP contribution is -2.05. The SMILES string of the molecule is Cc1cc(=O)oc2c(C)c(O)c(C(=O)C=CN(C)C)cc12. The van der Waals surface area contributed by atoms with Crippen molar-refractivity contribution in [1.29, 1.82) is 0 Å². The molecule has 5 nitrogen and oxygen atoms in total. The molecule has 0 bridgehead atoms. The summed E-state index contributed by atoms with van der Waals surface area (Å²) in [4.78, 5) is 25.3. The molecule has 110 valence electrons. The molecule has 0 aliphatic rings. The quantitative estimate of drug-likeness (QED) is 0.533. The predicted molar refractivity (Wildman–Crippen MR) is 80.8 cm³/mol. The number of aryl methyl sites for hydroxylation is 2. The second kappa shape index (κ2) is 5.44. The summed E-state index contributed by atoms with van der Waals surface area (Å²) < 4.78 is 5.13. The van der Waals surface area contributed by atoms with E-state index >= 15 is 0 Å². The summed E-state index contributed by atoms with van der Waals surface area (Å²) in [5, 5.41) is 10.8. The molecule has 2 rings (SSSR count). The van der Waals surface area contributed by atoms with Gasteiger partial charge in [-0.3, -0.25) is 4.79 Å². The van der Waals surface area contributed by atoms with E-state index in [-0.39, 0.29) is 17.1 Å². The van der Waals surface area contributed by atoms with Gasteiger partial charge in [-0.15, -0.1) is 0 Å². The minimum absolute atomic E-state index is 0.162. The fourth-order valence-corrected chi connectivity index (χ4v) is 2.09. The molecule has 21 heavy (non-hydrogen) atoms. The Labute approximate surface area is 122 Å². The average Bonchev–Trinajstić information content (AvgIpc) is 2.40. The van der Waals surface area contributed by atoms with E-state index in [0.29, 0.717) is 22.1 Å². The van der Waals surface area contributed by atoms with Crippen LogP contribution in [0.1, 0.15) is 21.5 Å². The largest absolute Gasteiger partial charge is 0.507 e. The van der Waals surface area contributed by atoms with E-state index in [4.69, 9.17) is 4.42 Å². The van der Waals surface area contributed by atoms with E-state index in [2.05, 4.69) is 0 Å². The summed E-state index contributed by atoms with van der Waals surface area (Å²) in [6.45, 7) is 3.38. The maximum Gasteiger partial charge on any atom is 0.336 e. The summed E-state index contributed by atoms with van der Waals surface area (Å²) in [5.41, 5.74) is 1.11. The van der Waals surface area contributed by atoms with E-state index < -0.39 is 5.63 Å². The highest BCUT2D eigenvalue weighted by atomic mass is 16.4. The molecule has 0 aliphatic carbocycles. The molecule has 0 saturated carbocycles. The average molecular weight is 287 g/mol. The Morgan fingerprint density at radius 3 is 2.57 bits per heavy atom. The van der Waals surface area contributed by atoms with Crippen molar-refractivity contribution < 1.29 is 14.3 Å². The van der Waals surface area contributed by atoms with Gasteiger partial charge in [0.05, 0.1) is 5.56 Å². The molecule has 1 aromatic heterocycles. The first kappa shape index (κ1) is 14.8. The lowest BCUT2D eigenvalue weighted by atomic mass is 10.00. The second-order valence-electron chi connectivity index (χ2n) is 5.17. The highest BCUT2D eigenvalue weighted by Crippen LogP contribution is 2.31. The summed E-state index contributed by atoms with van der Waals surface area (Å²) >= 11 is 0. The number of phenols is 1. The zero-order chi connectivity index (χ0) is 15.7.